The summed E-state index contributed by atoms with van der Waals surface area (Å²) in [7, 11) is 0. The molecule has 0 aliphatic heterocycles. The van der Waals surface area contributed by atoms with E-state index in [4.69, 9.17) is 0 Å². The molecule has 0 heterocycles. The number of hydrogen-bond donors (Lipinski definition) is 1. The number of para-hydroxylation sites is 1. The van der Waals surface area contributed by atoms with Crippen LogP contribution in [0.1, 0.15) is 5.56 Å². The van der Waals surface area contributed by atoms with Crippen molar-refractivity contribution in [1.82, 2.24) is 0 Å². The molecule has 1 N–H and O–H groups in total. The third-order valence-corrected chi connectivity index (χ3v) is 3.92. The topological polar surface area (TPSA) is 29.1 Å². The second kappa shape index (κ2) is 5.67. The summed E-state index contributed by atoms with van der Waals surface area (Å²) in [6.07, 6.45) is 0. The summed E-state index contributed by atoms with van der Waals surface area (Å²) in [5, 5.41) is 2.89. The average molecular weight is 290 g/mol. The molecule has 0 aliphatic rings. The molecule has 86 valence electrons. The van der Waals surface area contributed by atoms with Crippen molar-refractivity contribution in [3.05, 3.63) is 60.2 Å². The zero-order chi connectivity index (χ0) is 12.1. The van der Waals surface area contributed by atoms with Gasteiger partial charge >= 0.3 is 107 Å². The van der Waals surface area contributed by atoms with Crippen molar-refractivity contribution in [3.63, 3.8) is 0 Å². The Morgan fingerprint density at radius 1 is 1.00 bits per heavy atom. The Bertz CT molecular complexity index is 493. The van der Waals surface area contributed by atoms with Gasteiger partial charge in [-0.2, -0.15) is 0 Å². The van der Waals surface area contributed by atoms with E-state index in [1.807, 2.05) is 61.5 Å². The predicted octanol–water partition coefficient (Wildman–Crippen LogP) is 2.56. The number of carbonyl (C=O) groups is 1. The number of rotatable bonds is 3. The van der Waals surface area contributed by atoms with Crippen LogP contribution in [-0.2, 0) is 0 Å². The van der Waals surface area contributed by atoms with E-state index in [9.17, 15) is 4.79 Å². The Morgan fingerprint density at radius 2 is 1.65 bits per heavy atom. The molecule has 0 saturated carbocycles. The Morgan fingerprint density at radius 3 is 2.29 bits per heavy atom. The van der Waals surface area contributed by atoms with Crippen LogP contribution >= 0.6 is 0 Å². The van der Waals surface area contributed by atoms with Crippen LogP contribution in [-0.4, -0.2) is 19.8 Å². The van der Waals surface area contributed by atoms with Gasteiger partial charge in [0, 0.05) is 0 Å². The minimum atomic E-state index is -0.177. The maximum absolute atomic E-state index is 11.8. The predicted molar refractivity (Wildman–Crippen MR) is 72.0 cm³/mol. The molecular formula is C14H13NOSe. The molecule has 0 aromatic heterocycles. The average Bonchev–Trinajstić information content (AvgIpc) is 2.33. The first kappa shape index (κ1) is 11.9. The van der Waals surface area contributed by atoms with Crippen molar-refractivity contribution in [2.45, 2.75) is 6.92 Å². The fraction of sp³-hybridized carbons (Fsp3) is 0.0714. The number of carbonyl (C=O) groups excluding carboxylic acids is 1. The molecule has 0 bridgehead atoms. The zero-order valence-corrected chi connectivity index (χ0v) is 11.2. The van der Waals surface area contributed by atoms with Crippen LogP contribution < -0.4 is 9.78 Å². The molecule has 2 nitrogen and oxygen atoms in total. The fourth-order valence-electron chi connectivity index (χ4n) is 1.38. The molecule has 0 saturated heterocycles. The van der Waals surface area contributed by atoms with Gasteiger partial charge in [-0.1, -0.05) is 0 Å². The van der Waals surface area contributed by atoms with Gasteiger partial charge in [0.15, 0.2) is 0 Å². The van der Waals surface area contributed by atoms with Crippen molar-refractivity contribution in [1.29, 1.82) is 0 Å². The molecule has 0 spiro atoms. The van der Waals surface area contributed by atoms with E-state index in [1.54, 1.807) is 0 Å². The number of nitrogens with one attached hydrogen (secondary N) is 1. The van der Waals surface area contributed by atoms with Crippen LogP contribution in [0.5, 0.6) is 0 Å². The molecule has 0 unspecified atom stereocenters. The first-order chi connectivity index (χ1) is 8.24. The zero-order valence-electron chi connectivity index (χ0n) is 9.51. The minimum absolute atomic E-state index is 0.0764. The van der Waals surface area contributed by atoms with Gasteiger partial charge in [-0.05, 0) is 0 Å². The standard InChI is InChI=1S/C14H13NOSe/c1-11-7-9-13(10-8-11)17-14(16)15-12-5-3-2-4-6-12/h2-10H,1H3,(H,15,16). The summed E-state index contributed by atoms with van der Waals surface area (Å²) in [6.45, 7) is 2.04. The first-order valence-electron chi connectivity index (χ1n) is 5.34. The van der Waals surface area contributed by atoms with Gasteiger partial charge in [-0.3, -0.25) is 0 Å². The molecule has 2 aromatic rings. The number of anilines is 1. The van der Waals surface area contributed by atoms with Gasteiger partial charge in [0.25, 0.3) is 0 Å². The van der Waals surface area contributed by atoms with Gasteiger partial charge in [-0.25, -0.2) is 0 Å². The maximum atomic E-state index is 11.8. The van der Waals surface area contributed by atoms with Crippen LogP contribution in [0, 0.1) is 6.92 Å². The van der Waals surface area contributed by atoms with Crippen LogP contribution in [0.4, 0.5) is 10.5 Å². The van der Waals surface area contributed by atoms with Crippen molar-refractivity contribution in [3.8, 4) is 0 Å². The molecule has 0 atom stereocenters. The van der Waals surface area contributed by atoms with E-state index in [0.29, 0.717) is 0 Å². The molecule has 3 heteroatoms. The monoisotopic (exact) mass is 291 g/mol. The summed E-state index contributed by atoms with van der Waals surface area (Å²) in [5.74, 6) is 0. The molecule has 2 aromatic carbocycles. The molecule has 1 amide bonds. The van der Waals surface area contributed by atoms with Gasteiger partial charge in [0.2, 0.25) is 0 Å². The first-order valence-corrected chi connectivity index (χ1v) is 7.06. The van der Waals surface area contributed by atoms with Crippen LogP contribution in [0.2, 0.25) is 0 Å². The number of aryl methyl sites for hydroxylation is 1. The third kappa shape index (κ3) is 3.74. The molecule has 2 rings (SSSR count). The van der Waals surface area contributed by atoms with Gasteiger partial charge in [-0.15, -0.1) is 0 Å². The normalized spacial score (nSPS) is 9.94. The number of amides is 1. The number of benzene rings is 2. The number of hydrogen-bond acceptors (Lipinski definition) is 1. The van der Waals surface area contributed by atoms with Crippen molar-refractivity contribution < 1.29 is 4.79 Å². The molecule has 0 radical (unpaired) electrons. The quantitative estimate of drug-likeness (QED) is 0.865. The second-order valence-corrected chi connectivity index (χ2v) is 5.89. The van der Waals surface area contributed by atoms with E-state index in [2.05, 4.69) is 5.32 Å². The van der Waals surface area contributed by atoms with Crippen LogP contribution in [0.25, 0.3) is 0 Å². The summed E-state index contributed by atoms with van der Waals surface area (Å²) < 4.78 is 1.09. The van der Waals surface area contributed by atoms with Crippen molar-refractivity contribution in [2.75, 3.05) is 5.32 Å². The van der Waals surface area contributed by atoms with E-state index in [0.717, 1.165) is 10.1 Å². The molecule has 17 heavy (non-hydrogen) atoms. The van der Waals surface area contributed by atoms with Gasteiger partial charge in [0.05, 0.1) is 0 Å². The van der Waals surface area contributed by atoms with Gasteiger partial charge in [0.1, 0.15) is 0 Å². The van der Waals surface area contributed by atoms with Crippen molar-refractivity contribution >= 4 is 29.9 Å². The third-order valence-electron chi connectivity index (χ3n) is 2.25. The van der Waals surface area contributed by atoms with E-state index < -0.39 is 0 Å². The Kier molecular flexibility index (Phi) is 3.97. The van der Waals surface area contributed by atoms with E-state index in [1.165, 1.54) is 5.56 Å². The van der Waals surface area contributed by atoms with E-state index >= 15 is 0 Å². The molecule has 0 fully saturated rings. The summed E-state index contributed by atoms with van der Waals surface area (Å²) in [6, 6.07) is 17.6. The Hall–Kier alpha value is -1.57. The molecule has 0 aliphatic carbocycles. The van der Waals surface area contributed by atoms with Gasteiger partial charge < -0.3 is 0 Å². The van der Waals surface area contributed by atoms with E-state index in [-0.39, 0.29) is 19.8 Å². The second-order valence-electron chi connectivity index (χ2n) is 3.69. The molecular weight excluding hydrogens is 277 g/mol. The Labute approximate surface area is 107 Å². The van der Waals surface area contributed by atoms with Crippen LogP contribution in [0.3, 0.4) is 0 Å². The summed E-state index contributed by atoms with van der Waals surface area (Å²) in [4.78, 5) is 11.9. The fourth-order valence-corrected chi connectivity index (χ4v) is 2.75. The summed E-state index contributed by atoms with van der Waals surface area (Å²) in [5.41, 5.74) is 2.07. The van der Waals surface area contributed by atoms with Crippen LogP contribution in [0.15, 0.2) is 54.6 Å². The summed E-state index contributed by atoms with van der Waals surface area (Å²) >= 11 is -0.177. The van der Waals surface area contributed by atoms with Crippen molar-refractivity contribution in [2.24, 2.45) is 0 Å². The SMILES string of the molecule is Cc1ccc([Se]C(=O)Nc2ccccc2)cc1. The Balaban J connectivity index is 1.96.